The highest BCUT2D eigenvalue weighted by Gasteiger charge is 2.03. The van der Waals surface area contributed by atoms with Gasteiger partial charge in [0.1, 0.15) is 6.61 Å². The Hall–Kier alpha value is -2.93. The van der Waals surface area contributed by atoms with Crippen molar-refractivity contribution < 1.29 is 9.53 Å². The van der Waals surface area contributed by atoms with Crippen molar-refractivity contribution in [1.82, 2.24) is 5.32 Å². The number of nitrogen functional groups attached to an aromatic ring is 1. The summed E-state index contributed by atoms with van der Waals surface area (Å²) < 4.78 is 5.14. The Kier molecular flexibility index (Phi) is 6.91. The van der Waals surface area contributed by atoms with Crippen molar-refractivity contribution in [1.29, 1.82) is 0 Å². The lowest BCUT2D eigenvalue weighted by Gasteiger charge is -2.07. The van der Waals surface area contributed by atoms with Crippen LogP contribution in [0.15, 0.2) is 48.5 Å². The smallest absolute Gasteiger partial charge is 0.407 e. The van der Waals surface area contributed by atoms with Crippen LogP contribution in [0.25, 0.3) is 0 Å². The third-order valence-electron chi connectivity index (χ3n) is 3.70. The van der Waals surface area contributed by atoms with Crippen molar-refractivity contribution in [3.8, 4) is 11.8 Å². The summed E-state index contributed by atoms with van der Waals surface area (Å²) >= 11 is 0. The molecule has 0 radical (unpaired) electrons. The van der Waals surface area contributed by atoms with Crippen molar-refractivity contribution >= 4 is 11.8 Å². The Balaban J connectivity index is 1.75. The van der Waals surface area contributed by atoms with Crippen molar-refractivity contribution in [3.63, 3.8) is 0 Å². The summed E-state index contributed by atoms with van der Waals surface area (Å²) in [6.07, 6.45) is 0.0955. The number of alkyl carbamates (subject to hydrolysis) is 1. The van der Waals surface area contributed by atoms with Gasteiger partial charge in [0.2, 0.25) is 0 Å². The number of hydrogen-bond acceptors (Lipinski definition) is 3. The molecule has 0 spiro atoms. The normalized spacial score (nSPS) is 10.0. The Morgan fingerprint density at radius 3 is 2.68 bits per heavy atom. The van der Waals surface area contributed by atoms with Crippen molar-refractivity contribution in [2.45, 2.75) is 32.8 Å². The average Bonchev–Trinajstić information content (AvgIpc) is 2.61. The van der Waals surface area contributed by atoms with Gasteiger partial charge in [0.25, 0.3) is 0 Å². The first kappa shape index (κ1) is 18.4. The molecule has 0 saturated heterocycles. The Morgan fingerprint density at radius 1 is 1.20 bits per heavy atom. The van der Waals surface area contributed by atoms with Crippen LogP contribution in [0.5, 0.6) is 0 Å². The van der Waals surface area contributed by atoms with Crippen LogP contribution in [-0.2, 0) is 11.3 Å². The molecule has 0 aliphatic carbocycles. The third kappa shape index (κ3) is 6.23. The van der Waals surface area contributed by atoms with Crippen molar-refractivity contribution in [3.05, 3.63) is 65.2 Å². The average molecular weight is 336 g/mol. The molecular weight excluding hydrogens is 312 g/mol. The first-order chi connectivity index (χ1) is 12.1. The number of rotatable bonds is 5. The Bertz CT molecular complexity index is 758. The minimum absolute atomic E-state index is 0.261. The largest absolute Gasteiger partial charge is 0.445 e. The minimum atomic E-state index is -0.438. The number of nitrogens with two attached hydrogens (primary N) is 1. The van der Waals surface area contributed by atoms with E-state index < -0.39 is 6.09 Å². The van der Waals surface area contributed by atoms with E-state index in [0.717, 1.165) is 11.1 Å². The van der Waals surface area contributed by atoms with Gasteiger partial charge in [-0.25, -0.2) is 4.79 Å². The van der Waals surface area contributed by atoms with Gasteiger partial charge in [-0.05, 0) is 29.2 Å². The fourth-order valence-corrected chi connectivity index (χ4v) is 2.20. The van der Waals surface area contributed by atoms with E-state index in [4.69, 9.17) is 10.5 Å². The number of hydrogen-bond donors (Lipinski definition) is 2. The van der Waals surface area contributed by atoms with Crippen molar-refractivity contribution in [2.24, 2.45) is 0 Å². The molecule has 0 aliphatic rings. The molecule has 2 aromatic carbocycles. The standard InChI is InChI=1S/C21H24N2O2/c1-16(2)18-11-12-20(22)19(14-18)10-6-7-13-23-21(24)25-15-17-8-4-3-5-9-17/h3-5,8-9,11-12,14,16H,7,13,15,22H2,1-2H3,(H,23,24). The topological polar surface area (TPSA) is 64.3 Å². The summed E-state index contributed by atoms with van der Waals surface area (Å²) in [5, 5.41) is 2.69. The van der Waals surface area contributed by atoms with Gasteiger partial charge in [-0.2, -0.15) is 0 Å². The summed E-state index contributed by atoms with van der Waals surface area (Å²) in [5.74, 6) is 6.54. The monoisotopic (exact) mass is 336 g/mol. The number of anilines is 1. The maximum Gasteiger partial charge on any atom is 0.407 e. The Labute approximate surface area is 149 Å². The van der Waals surface area contributed by atoms with Crippen molar-refractivity contribution in [2.75, 3.05) is 12.3 Å². The number of carbonyl (C=O) groups excluding carboxylic acids is 1. The zero-order valence-corrected chi connectivity index (χ0v) is 14.7. The number of amides is 1. The van der Waals surface area contributed by atoms with Crippen LogP contribution in [0, 0.1) is 11.8 Å². The van der Waals surface area contributed by atoms with Gasteiger partial charge in [0.15, 0.2) is 0 Å². The molecule has 25 heavy (non-hydrogen) atoms. The number of nitrogens with one attached hydrogen (secondary N) is 1. The molecule has 0 aliphatic heterocycles. The van der Waals surface area contributed by atoms with E-state index in [1.54, 1.807) is 0 Å². The van der Waals surface area contributed by atoms with E-state index in [0.29, 0.717) is 24.6 Å². The first-order valence-electron chi connectivity index (χ1n) is 8.39. The van der Waals surface area contributed by atoms with E-state index in [2.05, 4.69) is 31.0 Å². The number of benzene rings is 2. The summed E-state index contributed by atoms with van der Waals surface area (Å²) in [6, 6.07) is 15.5. The molecule has 1 amide bonds. The molecule has 4 nitrogen and oxygen atoms in total. The minimum Gasteiger partial charge on any atom is -0.445 e. The molecule has 0 aromatic heterocycles. The van der Waals surface area contributed by atoms with E-state index >= 15 is 0 Å². The molecule has 2 rings (SSSR count). The zero-order chi connectivity index (χ0) is 18.1. The van der Waals surface area contributed by atoms with Crippen LogP contribution in [-0.4, -0.2) is 12.6 Å². The molecule has 0 unspecified atom stereocenters. The maximum absolute atomic E-state index is 11.6. The van der Waals surface area contributed by atoms with Crippen LogP contribution >= 0.6 is 0 Å². The second-order valence-electron chi connectivity index (χ2n) is 6.04. The van der Waals surface area contributed by atoms with Crippen LogP contribution < -0.4 is 11.1 Å². The van der Waals surface area contributed by atoms with Crippen LogP contribution in [0.4, 0.5) is 10.5 Å². The predicted octanol–water partition coefficient (Wildman–Crippen LogP) is 4.06. The lowest BCUT2D eigenvalue weighted by Crippen LogP contribution is -2.24. The van der Waals surface area contributed by atoms with Gasteiger partial charge in [-0.15, -0.1) is 0 Å². The van der Waals surface area contributed by atoms with Gasteiger partial charge < -0.3 is 15.8 Å². The van der Waals surface area contributed by atoms with Gasteiger partial charge in [0, 0.05) is 24.2 Å². The first-order valence-corrected chi connectivity index (χ1v) is 8.39. The lowest BCUT2D eigenvalue weighted by atomic mass is 10.00. The molecule has 0 fully saturated rings. The summed E-state index contributed by atoms with van der Waals surface area (Å²) in [4.78, 5) is 11.6. The summed E-state index contributed by atoms with van der Waals surface area (Å²) in [5.41, 5.74) is 9.63. The molecular formula is C21H24N2O2. The summed E-state index contributed by atoms with van der Waals surface area (Å²) in [7, 11) is 0. The second-order valence-corrected chi connectivity index (χ2v) is 6.04. The number of ether oxygens (including phenoxy) is 1. The van der Waals surface area contributed by atoms with Crippen LogP contribution in [0.3, 0.4) is 0 Å². The van der Waals surface area contributed by atoms with Gasteiger partial charge in [0.05, 0.1) is 0 Å². The Morgan fingerprint density at radius 2 is 1.96 bits per heavy atom. The molecule has 3 N–H and O–H groups in total. The molecule has 2 aromatic rings. The zero-order valence-electron chi connectivity index (χ0n) is 14.7. The molecule has 0 heterocycles. The highest BCUT2D eigenvalue weighted by molar-refractivity contribution is 5.67. The van der Waals surface area contributed by atoms with Gasteiger partial charge in [-0.3, -0.25) is 0 Å². The third-order valence-corrected chi connectivity index (χ3v) is 3.70. The molecule has 0 saturated carbocycles. The van der Waals surface area contributed by atoms with Gasteiger partial charge >= 0.3 is 6.09 Å². The number of carbonyl (C=O) groups is 1. The van der Waals surface area contributed by atoms with E-state index in [9.17, 15) is 4.79 Å². The van der Waals surface area contributed by atoms with E-state index in [-0.39, 0.29) is 6.61 Å². The molecule has 0 atom stereocenters. The van der Waals surface area contributed by atoms with E-state index in [1.165, 1.54) is 5.56 Å². The molecule has 0 bridgehead atoms. The van der Waals surface area contributed by atoms with Gasteiger partial charge in [-0.1, -0.05) is 62.1 Å². The molecule has 4 heteroatoms. The lowest BCUT2D eigenvalue weighted by molar-refractivity contribution is 0.140. The fraction of sp³-hybridized carbons (Fsp3) is 0.286. The highest BCUT2D eigenvalue weighted by atomic mass is 16.5. The highest BCUT2D eigenvalue weighted by Crippen LogP contribution is 2.19. The van der Waals surface area contributed by atoms with E-state index in [1.807, 2.05) is 48.5 Å². The SMILES string of the molecule is CC(C)c1ccc(N)c(C#CCCNC(=O)OCc2ccccc2)c1. The van der Waals surface area contributed by atoms with Crippen LogP contribution in [0.2, 0.25) is 0 Å². The summed E-state index contributed by atoms with van der Waals surface area (Å²) in [6.45, 7) is 4.96. The second kappa shape index (κ2) is 9.39. The molecule has 130 valence electrons. The quantitative estimate of drug-likeness (QED) is 0.492. The van der Waals surface area contributed by atoms with Crippen LogP contribution in [0.1, 0.15) is 42.9 Å². The fourth-order valence-electron chi connectivity index (χ4n) is 2.20. The maximum atomic E-state index is 11.6. The predicted molar refractivity (Wildman–Crippen MR) is 101 cm³/mol.